The van der Waals surface area contributed by atoms with Crippen LogP contribution in [0.15, 0.2) is 66.8 Å². The van der Waals surface area contributed by atoms with Gasteiger partial charge in [0.15, 0.2) is 0 Å². The first-order valence-electron chi connectivity index (χ1n) is 10.8. The summed E-state index contributed by atoms with van der Waals surface area (Å²) in [5.74, 6) is 1.90. The first kappa shape index (κ1) is 19.6. The summed E-state index contributed by atoms with van der Waals surface area (Å²) in [5.41, 5.74) is 6.15. The van der Waals surface area contributed by atoms with Gasteiger partial charge in [-0.25, -0.2) is 0 Å². The van der Waals surface area contributed by atoms with Crippen LogP contribution in [0.2, 0.25) is 0 Å². The van der Waals surface area contributed by atoms with Gasteiger partial charge in [-0.05, 0) is 68.0 Å². The van der Waals surface area contributed by atoms with Gasteiger partial charge >= 0.3 is 0 Å². The summed E-state index contributed by atoms with van der Waals surface area (Å²) in [6, 6.07) is 15.8. The van der Waals surface area contributed by atoms with Gasteiger partial charge in [0.05, 0.1) is 11.7 Å². The molecule has 2 aromatic carbocycles. The Kier molecular flexibility index (Phi) is 5.66. The van der Waals surface area contributed by atoms with E-state index in [1.54, 1.807) is 0 Å². The SMILES string of the molecule is C=C(C)COc1cccc2c1NC(c1ccc(N(CC)CC)cc1)C1CC=CC21. The van der Waals surface area contributed by atoms with Crippen LogP contribution in [0, 0.1) is 5.92 Å². The molecule has 0 spiro atoms. The maximum atomic E-state index is 6.09. The first-order valence-corrected chi connectivity index (χ1v) is 10.8. The minimum atomic E-state index is 0.280. The van der Waals surface area contributed by atoms with Crippen molar-refractivity contribution in [3.8, 4) is 5.75 Å². The van der Waals surface area contributed by atoms with E-state index in [2.05, 4.69) is 85.3 Å². The number of anilines is 2. The zero-order valence-electron chi connectivity index (χ0n) is 17.8. The number of hydrogen-bond acceptors (Lipinski definition) is 3. The Labute approximate surface area is 175 Å². The van der Waals surface area contributed by atoms with Crippen LogP contribution in [0.5, 0.6) is 5.75 Å². The Morgan fingerprint density at radius 2 is 1.90 bits per heavy atom. The fourth-order valence-electron chi connectivity index (χ4n) is 4.73. The van der Waals surface area contributed by atoms with Gasteiger partial charge in [-0.15, -0.1) is 0 Å². The number of allylic oxidation sites excluding steroid dienone is 2. The lowest BCUT2D eigenvalue weighted by molar-refractivity contribution is 0.348. The minimum absolute atomic E-state index is 0.280. The van der Waals surface area contributed by atoms with Crippen molar-refractivity contribution in [2.24, 2.45) is 5.92 Å². The summed E-state index contributed by atoms with van der Waals surface area (Å²) in [5, 5.41) is 3.85. The van der Waals surface area contributed by atoms with E-state index in [0.717, 1.165) is 36.5 Å². The van der Waals surface area contributed by atoms with Crippen molar-refractivity contribution in [3.05, 3.63) is 77.9 Å². The molecule has 0 amide bonds. The van der Waals surface area contributed by atoms with Gasteiger partial charge in [-0.1, -0.05) is 43.0 Å². The normalized spacial score (nSPS) is 21.8. The molecule has 1 aliphatic carbocycles. The molecule has 3 heteroatoms. The third-order valence-electron chi connectivity index (χ3n) is 6.21. The Balaban J connectivity index is 1.66. The molecule has 0 radical (unpaired) electrons. The van der Waals surface area contributed by atoms with Crippen LogP contribution in [0.3, 0.4) is 0 Å². The number of fused-ring (bicyclic) bond motifs is 3. The molecular weight excluding hydrogens is 356 g/mol. The van der Waals surface area contributed by atoms with E-state index in [9.17, 15) is 0 Å². The molecular formula is C26H32N2O. The predicted molar refractivity (Wildman–Crippen MR) is 123 cm³/mol. The predicted octanol–water partition coefficient (Wildman–Crippen LogP) is 6.31. The van der Waals surface area contributed by atoms with E-state index in [1.807, 2.05) is 6.92 Å². The molecule has 0 saturated heterocycles. The smallest absolute Gasteiger partial charge is 0.143 e. The van der Waals surface area contributed by atoms with E-state index in [4.69, 9.17) is 4.74 Å². The van der Waals surface area contributed by atoms with Crippen molar-refractivity contribution >= 4 is 11.4 Å². The van der Waals surface area contributed by atoms with Gasteiger partial charge in [0, 0.05) is 24.7 Å². The van der Waals surface area contributed by atoms with E-state index in [0.29, 0.717) is 18.4 Å². The number of benzene rings is 2. The van der Waals surface area contributed by atoms with Crippen LogP contribution in [-0.4, -0.2) is 19.7 Å². The van der Waals surface area contributed by atoms with Crippen LogP contribution in [0.1, 0.15) is 50.3 Å². The van der Waals surface area contributed by atoms with Crippen molar-refractivity contribution in [1.29, 1.82) is 0 Å². The van der Waals surface area contributed by atoms with Gasteiger partial charge in [-0.3, -0.25) is 0 Å². The summed E-state index contributed by atoms with van der Waals surface area (Å²) in [6.45, 7) is 13.0. The molecule has 0 aromatic heterocycles. The van der Waals surface area contributed by atoms with Crippen LogP contribution in [0.25, 0.3) is 0 Å². The van der Waals surface area contributed by atoms with Gasteiger partial charge in [0.25, 0.3) is 0 Å². The summed E-state index contributed by atoms with van der Waals surface area (Å²) in [4.78, 5) is 2.39. The molecule has 1 aliphatic heterocycles. The molecule has 3 nitrogen and oxygen atoms in total. The number of hydrogen-bond donors (Lipinski definition) is 1. The van der Waals surface area contributed by atoms with E-state index >= 15 is 0 Å². The molecule has 2 aliphatic rings. The third-order valence-corrected chi connectivity index (χ3v) is 6.21. The highest BCUT2D eigenvalue weighted by atomic mass is 16.5. The second-order valence-electron chi connectivity index (χ2n) is 8.21. The standard InChI is InChI=1S/C26H32N2O/c1-5-28(6-2)20-15-13-19(14-16-20)25-22-10-7-9-21(22)23-11-8-12-24(26(23)27-25)29-17-18(3)4/h7-9,11-16,21-22,25,27H,3,5-6,10,17H2,1-2,4H3. The molecule has 0 fully saturated rings. The van der Waals surface area contributed by atoms with Gasteiger partial charge in [-0.2, -0.15) is 0 Å². The van der Waals surface area contributed by atoms with Crippen LogP contribution >= 0.6 is 0 Å². The molecule has 3 atom stereocenters. The zero-order valence-corrected chi connectivity index (χ0v) is 17.8. The fraction of sp³-hybridized carbons (Fsp3) is 0.385. The Bertz CT molecular complexity index is 895. The lowest BCUT2D eigenvalue weighted by Crippen LogP contribution is -2.29. The highest BCUT2D eigenvalue weighted by Gasteiger charge is 2.38. The lowest BCUT2D eigenvalue weighted by atomic mass is 9.77. The highest BCUT2D eigenvalue weighted by molar-refractivity contribution is 5.68. The van der Waals surface area contributed by atoms with Gasteiger partial charge < -0.3 is 15.0 Å². The minimum Gasteiger partial charge on any atom is -0.487 e. The number of nitrogens with zero attached hydrogens (tertiary/aromatic N) is 1. The summed E-state index contributed by atoms with van der Waals surface area (Å²) >= 11 is 0. The largest absolute Gasteiger partial charge is 0.487 e. The van der Waals surface area contributed by atoms with E-state index in [1.165, 1.54) is 16.8 Å². The Morgan fingerprint density at radius 3 is 2.59 bits per heavy atom. The van der Waals surface area contributed by atoms with Crippen molar-refractivity contribution < 1.29 is 4.74 Å². The molecule has 152 valence electrons. The summed E-state index contributed by atoms with van der Waals surface area (Å²) in [7, 11) is 0. The quantitative estimate of drug-likeness (QED) is 0.562. The average molecular weight is 389 g/mol. The Morgan fingerprint density at radius 1 is 1.14 bits per heavy atom. The first-order chi connectivity index (χ1) is 14.1. The Hall–Kier alpha value is -2.68. The van der Waals surface area contributed by atoms with E-state index < -0.39 is 0 Å². The van der Waals surface area contributed by atoms with Crippen molar-refractivity contribution in [2.75, 3.05) is 29.9 Å². The van der Waals surface area contributed by atoms with Crippen molar-refractivity contribution in [3.63, 3.8) is 0 Å². The molecule has 4 rings (SSSR count). The van der Waals surface area contributed by atoms with Gasteiger partial charge in [0.2, 0.25) is 0 Å². The topological polar surface area (TPSA) is 24.5 Å². The molecule has 1 heterocycles. The second-order valence-corrected chi connectivity index (χ2v) is 8.21. The van der Waals surface area contributed by atoms with Crippen molar-refractivity contribution in [2.45, 2.75) is 39.2 Å². The van der Waals surface area contributed by atoms with Gasteiger partial charge in [0.1, 0.15) is 12.4 Å². The number of nitrogens with one attached hydrogen (secondary N) is 1. The molecule has 0 bridgehead atoms. The maximum absolute atomic E-state index is 6.09. The number of para-hydroxylation sites is 1. The average Bonchev–Trinajstić information content (AvgIpc) is 3.23. The highest BCUT2D eigenvalue weighted by Crippen LogP contribution is 2.52. The lowest BCUT2D eigenvalue weighted by Gasteiger charge is -2.38. The summed E-state index contributed by atoms with van der Waals surface area (Å²) in [6.07, 6.45) is 5.82. The van der Waals surface area contributed by atoms with Crippen molar-refractivity contribution in [1.82, 2.24) is 0 Å². The van der Waals surface area contributed by atoms with Crippen LogP contribution in [0.4, 0.5) is 11.4 Å². The number of rotatable bonds is 7. The molecule has 0 saturated carbocycles. The third kappa shape index (κ3) is 3.78. The van der Waals surface area contributed by atoms with Crippen LogP contribution < -0.4 is 15.0 Å². The summed E-state index contributed by atoms with van der Waals surface area (Å²) < 4.78 is 6.09. The monoisotopic (exact) mass is 388 g/mol. The molecule has 29 heavy (non-hydrogen) atoms. The molecule has 2 aromatic rings. The van der Waals surface area contributed by atoms with Crippen LogP contribution in [-0.2, 0) is 0 Å². The fourth-order valence-corrected chi connectivity index (χ4v) is 4.73. The maximum Gasteiger partial charge on any atom is 0.143 e. The second kappa shape index (κ2) is 8.36. The van der Waals surface area contributed by atoms with E-state index in [-0.39, 0.29) is 6.04 Å². The molecule has 1 N–H and O–H groups in total. The number of ether oxygens (including phenoxy) is 1. The zero-order chi connectivity index (χ0) is 20.4. The molecule has 3 unspecified atom stereocenters.